The summed E-state index contributed by atoms with van der Waals surface area (Å²) in [5, 5.41) is 6.43. The molecule has 0 bridgehead atoms. The maximum atomic E-state index is 5.59. The van der Waals surface area contributed by atoms with Gasteiger partial charge in [0.15, 0.2) is 5.96 Å². The van der Waals surface area contributed by atoms with Crippen molar-refractivity contribution in [1.82, 2.24) is 20.2 Å². The SMILES string of the molecule is CN=C(NCCOc1cccnc1)N(C)Cc1csc(C)n1.I. The Kier molecular flexibility index (Phi) is 8.85. The zero-order valence-corrected chi connectivity index (χ0v) is 16.7. The smallest absolute Gasteiger partial charge is 0.193 e. The highest BCUT2D eigenvalue weighted by Crippen LogP contribution is 2.09. The van der Waals surface area contributed by atoms with Crippen LogP contribution in [0, 0.1) is 6.92 Å². The molecule has 0 unspecified atom stereocenters. The third-order valence-electron chi connectivity index (χ3n) is 2.93. The molecule has 2 aromatic heterocycles. The molecule has 8 heteroatoms. The van der Waals surface area contributed by atoms with Gasteiger partial charge in [-0.05, 0) is 19.1 Å². The largest absolute Gasteiger partial charge is 0.490 e. The predicted octanol–water partition coefficient (Wildman–Crippen LogP) is 2.55. The minimum atomic E-state index is 0. The molecule has 6 nitrogen and oxygen atoms in total. The van der Waals surface area contributed by atoms with Crippen LogP contribution in [-0.4, -0.2) is 48.1 Å². The predicted molar refractivity (Wildman–Crippen MR) is 105 cm³/mol. The van der Waals surface area contributed by atoms with Crippen molar-refractivity contribution in [2.45, 2.75) is 13.5 Å². The van der Waals surface area contributed by atoms with Crippen molar-refractivity contribution in [2.24, 2.45) is 4.99 Å². The molecule has 0 aliphatic rings. The lowest BCUT2D eigenvalue weighted by molar-refractivity contribution is 0.318. The quantitative estimate of drug-likeness (QED) is 0.319. The van der Waals surface area contributed by atoms with Crippen LogP contribution in [0.25, 0.3) is 0 Å². The average molecular weight is 447 g/mol. The van der Waals surface area contributed by atoms with Gasteiger partial charge in [-0.15, -0.1) is 35.3 Å². The van der Waals surface area contributed by atoms with E-state index in [1.165, 1.54) is 0 Å². The number of nitrogens with zero attached hydrogens (tertiary/aromatic N) is 4. The summed E-state index contributed by atoms with van der Waals surface area (Å²) in [5.74, 6) is 1.59. The summed E-state index contributed by atoms with van der Waals surface area (Å²) in [7, 11) is 3.76. The Morgan fingerprint density at radius 1 is 1.48 bits per heavy atom. The van der Waals surface area contributed by atoms with Gasteiger partial charge in [-0.25, -0.2) is 4.98 Å². The van der Waals surface area contributed by atoms with Crippen LogP contribution in [0.3, 0.4) is 0 Å². The fraction of sp³-hybridized carbons (Fsp3) is 0.400. The fourth-order valence-corrected chi connectivity index (χ4v) is 2.55. The normalized spacial score (nSPS) is 10.8. The number of nitrogens with one attached hydrogen (secondary N) is 1. The van der Waals surface area contributed by atoms with E-state index in [2.05, 4.69) is 25.7 Å². The number of aryl methyl sites for hydroxylation is 1. The zero-order chi connectivity index (χ0) is 15.8. The van der Waals surface area contributed by atoms with E-state index < -0.39 is 0 Å². The molecular formula is C15H22IN5OS. The molecule has 0 amide bonds. The molecule has 23 heavy (non-hydrogen) atoms. The summed E-state index contributed by atoms with van der Waals surface area (Å²) in [6.45, 7) is 3.96. The van der Waals surface area contributed by atoms with Crippen molar-refractivity contribution in [3.8, 4) is 5.75 Å². The Balaban J connectivity index is 0.00000264. The molecule has 0 fully saturated rings. The molecule has 1 N–H and O–H groups in total. The molecule has 0 saturated carbocycles. The number of ether oxygens (including phenoxy) is 1. The molecular weight excluding hydrogens is 425 g/mol. The molecule has 0 aromatic carbocycles. The van der Waals surface area contributed by atoms with Crippen molar-refractivity contribution in [1.29, 1.82) is 0 Å². The number of thiazole rings is 1. The first-order valence-electron chi connectivity index (χ1n) is 7.04. The van der Waals surface area contributed by atoms with Crippen molar-refractivity contribution >= 4 is 41.3 Å². The van der Waals surface area contributed by atoms with Crippen LogP contribution in [0.15, 0.2) is 34.9 Å². The second-order valence-electron chi connectivity index (χ2n) is 4.73. The second kappa shape index (κ2) is 10.4. The van der Waals surface area contributed by atoms with Gasteiger partial charge in [0.05, 0.1) is 30.0 Å². The van der Waals surface area contributed by atoms with Crippen LogP contribution < -0.4 is 10.1 Å². The number of aliphatic imine (C=N–C) groups is 1. The Morgan fingerprint density at radius 2 is 2.30 bits per heavy atom. The number of guanidine groups is 1. The molecule has 2 aromatic rings. The number of hydrogen-bond acceptors (Lipinski definition) is 5. The summed E-state index contributed by atoms with van der Waals surface area (Å²) in [5.41, 5.74) is 1.06. The fourth-order valence-electron chi connectivity index (χ4n) is 1.95. The van der Waals surface area contributed by atoms with Crippen LogP contribution in [-0.2, 0) is 6.54 Å². The molecule has 126 valence electrons. The standard InChI is InChI=1S/C15H21N5OS.HI/c1-12-19-13(11-22-12)10-20(3)15(16-2)18-7-8-21-14-5-4-6-17-9-14;/h4-6,9,11H,7-8,10H2,1-3H3,(H,16,18);1H. The van der Waals surface area contributed by atoms with Gasteiger partial charge in [0.25, 0.3) is 0 Å². The Labute approximate surface area is 158 Å². The van der Waals surface area contributed by atoms with Crippen LogP contribution in [0.1, 0.15) is 10.7 Å². The van der Waals surface area contributed by atoms with Crippen LogP contribution in [0.2, 0.25) is 0 Å². The summed E-state index contributed by atoms with van der Waals surface area (Å²) >= 11 is 1.66. The van der Waals surface area contributed by atoms with E-state index >= 15 is 0 Å². The monoisotopic (exact) mass is 447 g/mol. The molecule has 0 radical (unpaired) electrons. The Bertz CT molecular complexity index is 605. The minimum Gasteiger partial charge on any atom is -0.490 e. The lowest BCUT2D eigenvalue weighted by Crippen LogP contribution is -2.40. The first kappa shape index (κ1) is 19.6. The summed E-state index contributed by atoms with van der Waals surface area (Å²) < 4.78 is 5.59. The molecule has 0 atom stereocenters. The summed E-state index contributed by atoms with van der Waals surface area (Å²) in [6.07, 6.45) is 3.42. The molecule has 0 aliphatic carbocycles. The highest BCUT2D eigenvalue weighted by atomic mass is 127. The first-order chi connectivity index (χ1) is 10.7. The Morgan fingerprint density at radius 3 is 2.91 bits per heavy atom. The van der Waals surface area contributed by atoms with Crippen molar-refractivity contribution in [2.75, 3.05) is 27.2 Å². The third kappa shape index (κ3) is 6.69. The second-order valence-corrected chi connectivity index (χ2v) is 5.79. The van der Waals surface area contributed by atoms with Gasteiger partial charge in [0.1, 0.15) is 12.4 Å². The number of rotatable bonds is 6. The van der Waals surface area contributed by atoms with Crippen LogP contribution >= 0.6 is 35.3 Å². The molecule has 2 heterocycles. The maximum Gasteiger partial charge on any atom is 0.193 e. The van der Waals surface area contributed by atoms with E-state index in [-0.39, 0.29) is 24.0 Å². The molecule has 0 aliphatic heterocycles. The van der Waals surface area contributed by atoms with E-state index in [1.54, 1.807) is 30.8 Å². The number of pyridine rings is 1. The van der Waals surface area contributed by atoms with E-state index in [9.17, 15) is 0 Å². The van der Waals surface area contributed by atoms with Crippen molar-refractivity contribution < 1.29 is 4.74 Å². The summed E-state index contributed by atoms with van der Waals surface area (Å²) in [4.78, 5) is 14.8. The minimum absolute atomic E-state index is 0. The van der Waals surface area contributed by atoms with Crippen LogP contribution in [0.5, 0.6) is 5.75 Å². The van der Waals surface area contributed by atoms with Gasteiger partial charge in [0.2, 0.25) is 0 Å². The number of halogens is 1. The molecule has 0 spiro atoms. The van der Waals surface area contributed by atoms with E-state index in [0.29, 0.717) is 13.2 Å². The van der Waals surface area contributed by atoms with Gasteiger partial charge in [0, 0.05) is 25.7 Å². The lowest BCUT2D eigenvalue weighted by Gasteiger charge is -2.21. The number of aromatic nitrogens is 2. The van der Waals surface area contributed by atoms with Crippen molar-refractivity contribution in [3.63, 3.8) is 0 Å². The third-order valence-corrected chi connectivity index (χ3v) is 3.75. The highest BCUT2D eigenvalue weighted by Gasteiger charge is 2.08. The van der Waals surface area contributed by atoms with E-state index in [4.69, 9.17) is 4.74 Å². The Hall–Kier alpha value is -1.42. The molecule has 2 rings (SSSR count). The number of hydrogen-bond donors (Lipinski definition) is 1. The van der Waals surface area contributed by atoms with E-state index in [1.807, 2.05) is 31.0 Å². The van der Waals surface area contributed by atoms with Gasteiger partial charge < -0.3 is 15.0 Å². The molecule has 0 saturated heterocycles. The highest BCUT2D eigenvalue weighted by molar-refractivity contribution is 14.0. The van der Waals surface area contributed by atoms with Gasteiger partial charge in [-0.1, -0.05) is 0 Å². The summed E-state index contributed by atoms with van der Waals surface area (Å²) in [6, 6.07) is 3.74. The van der Waals surface area contributed by atoms with Gasteiger partial charge in [-0.3, -0.25) is 9.98 Å². The van der Waals surface area contributed by atoms with Crippen molar-refractivity contribution in [3.05, 3.63) is 40.6 Å². The first-order valence-corrected chi connectivity index (χ1v) is 7.92. The average Bonchev–Trinajstić information content (AvgIpc) is 2.93. The van der Waals surface area contributed by atoms with Gasteiger partial charge >= 0.3 is 0 Å². The zero-order valence-electron chi connectivity index (χ0n) is 13.5. The van der Waals surface area contributed by atoms with Crippen LogP contribution in [0.4, 0.5) is 0 Å². The van der Waals surface area contributed by atoms with E-state index in [0.717, 1.165) is 29.0 Å². The maximum absolute atomic E-state index is 5.59. The van der Waals surface area contributed by atoms with Gasteiger partial charge in [-0.2, -0.15) is 0 Å². The topological polar surface area (TPSA) is 62.6 Å². The lowest BCUT2D eigenvalue weighted by atomic mass is 10.4.